The van der Waals surface area contributed by atoms with E-state index in [4.69, 9.17) is 5.84 Å². The third-order valence-electron chi connectivity index (χ3n) is 1.69. The van der Waals surface area contributed by atoms with Crippen molar-refractivity contribution in [3.05, 3.63) is 40.1 Å². The van der Waals surface area contributed by atoms with Gasteiger partial charge < -0.3 is 0 Å². The molecule has 0 spiro atoms. The number of halogens is 1. The van der Waals surface area contributed by atoms with Gasteiger partial charge in [-0.25, -0.2) is 5.84 Å². The van der Waals surface area contributed by atoms with Gasteiger partial charge in [-0.3, -0.25) is 9.99 Å². The summed E-state index contributed by atoms with van der Waals surface area (Å²) in [6, 6.07) is 5.83. The summed E-state index contributed by atoms with van der Waals surface area (Å²) in [6.07, 6.45) is 3.62. The summed E-state index contributed by atoms with van der Waals surface area (Å²) in [7, 11) is 0. The lowest BCUT2D eigenvalue weighted by molar-refractivity contribution is 0.379. The Balaban J connectivity index is 2.21. The summed E-state index contributed by atoms with van der Waals surface area (Å²) in [6.45, 7) is 0. The van der Waals surface area contributed by atoms with Crippen LogP contribution in [0, 0.1) is 0 Å². The third kappa shape index (κ3) is 1.87. The van der Waals surface area contributed by atoms with E-state index in [2.05, 4.69) is 20.9 Å². The van der Waals surface area contributed by atoms with E-state index in [1.165, 1.54) is 0 Å². The summed E-state index contributed by atoms with van der Waals surface area (Å²) < 4.78 is 1.03. The Bertz CT molecular complexity index is 327. The summed E-state index contributed by atoms with van der Waals surface area (Å²) in [5.41, 5.74) is 0.973. The van der Waals surface area contributed by atoms with Crippen LogP contribution in [0.2, 0.25) is 0 Å². The lowest BCUT2D eigenvalue weighted by Gasteiger charge is -2.17. The predicted octanol–water partition coefficient (Wildman–Crippen LogP) is 2.20. The van der Waals surface area contributed by atoms with Gasteiger partial charge in [0.15, 0.2) is 0 Å². The van der Waals surface area contributed by atoms with E-state index in [9.17, 15) is 0 Å². The standard InChI is InChI=1S/C8H8BrN3S/c9-7-5-12(10)8(13-7)6-3-1-2-4-11-6/h1-5,8H,10H2. The first kappa shape index (κ1) is 9.05. The molecule has 0 saturated heterocycles. The van der Waals surface area contributed by atoms with Crippen molar-refractivity contribution < 1.29 is 0 Å². The fourth-order valence-electron chi connectivity index (χ4n) is 1.12. The molecule has 0 aliphatic carbocycles. The van der Waals surface area contributed by atoms with Gasteiger partial charge in [0.25, 0.3) is 0 Å². The van der Waals surface area contributed by atoms with Crippen LogP contribution in [0.5, 0.6) is 0 Å². The van der Waals surface area contributed by atoms with E-state index in [0.29, 0.717) is 0 Å². The maximum absolute atomic E-state index is 5.77. The number of hydrazine groups is 1. The number of aromatic nitrogens is 1. The third-order valence-corrected chi connectivity index (χ3v) is 3.49. The smallest absolute Gasteiger partial charge is 0.137 e. The highest BCUT2D eigenvalue weighted by Gasteiger charge is 2.24. The van der Waals surface area contributed by atoms with Gasteiger partial charge in [-0.1, -0.05) is 17.8 Å². The van der Waals surface area contributed by atoms with Gasteiger partial charge in [-0.15, -0.1) is 0 Å². The van der Waals surface area contributed by atoms with Gasteiger partial charge in [0, 0.05) is 12.4 Å². The zero-order valence-electron chi connectivity index (χ0n) is 6.72. The molecule has 1 aliphatic heterocycles. The molecule has 5 heteroatoms. The van der Waals surface area contributed by atoms with Gasteiger partial charge in [0.2, 0.25) is 0 Å². The molecule has 1 unspecified atom stereocenters. The molecule has 13 heavy (non-hydrogen) atoms. The fraction of sp³-hybridized carbons (Fsp3) is 0.125. The molecule has 0 fully saturated rings. The molecule has 1 atom stereocenters. The maximum Gasteiger partial charge on any atom is 0.137 e. The van der Waals surface area contributed by atoms with Gasteiger partial charge >= 0.3 is 0 Å². The van der Waals surface area contributed by atoms with Crippen LogP contribution in [0.15, 0.2) is 34.4 Å². The van der Waals surface area contributed by atoms with E-state index in [-0.39, 0.29) is 5.37 Å². The van der Waals surface area contributed by atoms with Crippen LogP contribution in [0.3, 0.4) is 0 Å². The first-order valence-electron chi connectivity index (χ1n) is 3.75. The summed E-state index contributed by atoms with van der Waals surface area (Å²) in [5, 5.41) is 1.74. The van der Waals surface area contributed by atoms with Crippen molar-refractivity contribution in [3.63, 3.8) is 0 Å². The van der Waals surface area contributed by atoms with Crippen molar-refractivity contribution >= 4 is 27.7 Å². The van der Waals surface area contributed by atoms with Crippen molar-refractivity contribution in [1.82, 2.24) is 9.99 Å². The Hall–Kier alpha value is -0.520. The predicted molar refractivity (Wildman–Crippen MR) is 57.6 cm³/mol. The highest BCUT2D eigenvalue weighted by molar-refractivity contribution is 9.14. The number of nitrogens with two attached hydrogens (primary N) is 1. The Kier molecular flexibility index (Phi) is 2.57. The van der Waals surface area contributed by atoms with Crippen LogP contribution in [0.25, 0.3) is 0 Å². The average Bonchev–Trinajstić information content (AvgIpc) is 2.47. The lowest BCUT2D eigenvalue weighted by atomic mass is 10.3. The first-order chi connectivity index (χ1) is 6.27. The van der Waals surface area contributed by atoms with E-state index in [1.807, 2.05) is 24.4 Å². The molecular formula is C8H8BrN3S. The van der Waals surface area contributed by atoms with Crippen molar-refractivity contribution in [2.75, 3.05) is 0 Å². The van der Waals surface area contributed by atoms with Crippen molar-refractivity contribution in [2.24, 2.45) is 5.84 Å². The molecule has 0 amide bonds. The van der Waals surface area contributed by atoms with E-state index < -0.39 is 0 Å². The first-order valence-corrected chi connectivity index (χ1v) is 5.42. The summed E-state index contributed by atoms with van der Waals surface area (Å²) in [4.78, 5) is 4.25. The highest BCUT2D eigenvalue weighted by atomic mass is 79.9. The molecule has 0 aromatic carbocycles. The summed E-state index contributed by atoms with van der Waals surface area (Å²) >= 11 is 5.03. The number of nitrogens with zero attached hydrogens (tertiary/aromatic N) is 2. The zero-order chi connectivity index (χ0) is 9.26. The quantitative estimate of drug-likeness (QED) is 0.784. The zero-order valence-corrected chi connectivity index (χ0v) is 9.12. The Labute approximate surface area is 89.1 Å². The molecule has 0 radical (unpaired) electrons. The summed E-state index contributed by atoms with van der Waals surface area (Å²) in [5.74, 6) is 5.77. The van der Waals surface area contributed by atoms with Crippen LogP contribution >= 0.6 is 27.7 Å². The highest BCUT2D eigenvalue weighted by Crippen LogP contribution is 2.43. The van der Waals surface area contributed by atoms with Crippen molar-refractivity contribution in [1.29, 1.82) is 0 Å². The fourth-order valence-corrected chi connectivity index (χ4v) is 2.72. The SMILES string of the molecule is NN1C=C(Br)SC1c1ccccn1. The van der Waals surface area contributed by atoms with E-state index >= 15 is 0 Å². The number of rotatable bonds is 1. The largest absolute Gasteiger partial charge is 0.297 e. The van der Waals surface area contributed by atoms with Gasteiger partial charge in [-0.2, -0.15) is 0 Å². The van der Waals surface area contributed by atoms with Gasteiger partial charge in [-0.05, 0) is 28.1 Å². The van der Waals surface area contributed by atoms with E-state index in [0.717, 1.165) is 9.51 Å². The second-order valence-electron chi connectivity index (χ2n) is 2.61. The Morgan fingerprint density at radius 1 is 1.54 bits per heavy atom. The molecule has 68 valence electrons. The molecule has 0 saturated carbocycles. The second kappa shape index (κ2) is 3.69. The maximum atomic E-state index is 5.77. The normalized spacial score (nSPS) is 21.8. The van der Waals surface area contributed by atoms with Crippen molar-refractivity contribution in [3.8, 4) is 0 Å². The number of hydrogen-bond donors (Lipinski definition) is 1. The Morgan fingerprint density at radius 3 is 2.92 bits per heavy atom. The van der Waals surface area contributed by atoms with Crippen molar-refractivity contribution in [2.45, 2.75) is 5.37 Å². The lowest BCUT2D eigenvalue weighted by Crippen LogP contribution is -2.25. The minimum atomic E-state index is 0.0931. The van der Waals surface area contributed by atoms with Crippen LogP contribution in [0.1, 0.15) is 11.1 Å². The monoisotopic (exact) mass is 257 g/mol. The van der Waals surface area contributed by atoms with E-state index in [1.54, 1.807) is 23.0 Å². The molecule has 1 aliphatic rings. The van der Waals surface area contributed by atoms with Gasteiger partial charge in [0.1, 0.15) is 5.37 Å². The molecule has 2 N–H and O–H groups in total. The second-order valence-corrected chi connectivity index (χ2v) is 5.11. The minimum absolute atomic E-state index is 0.0931. The number of hydrogen-bond acceptors (Lipinski definition) is 4. The van der Waals surface area contributed by atoms with Crippen LogP contribution in [0.4, 0.5) is 0 Å². The molecule has 1 aromatic heterocycles. The molecule has 3 nitrogen and oxygen atoms in total. The van der Waals surface area contributed by atoms with Crippen LogP contribution in [-0.2, 0) is 0 Å². The number of pyridine rings is 1. The molecule has 1 aromatic rings. The Morgan fingerprint density at radius 2 is 2.38 bits per heavy atom. The molecular weight excluding hydrogens is 250 g/mol. The minimum Gasteiger partial charge on any atom is -0.297 e. The molecule has 2 heterocycles. The van der Waals surface area contributed by atoms with Gasteiger partial charge in [0.05, 0.1) is 9.51 Å². The van der Waals surface area contributed by atoms with Crippen LogP contribution < -0.4 is 5.84 Å². The van der Waals surface area contributed by atoms with Crippen LogP contribution in [-0.4, -0.2) is 9.99 Å². The topological polar surface area (TPSA) is 42.1 Å². The molecule has 0 bridgehead atoms. The average molecular weight is 258 g/mol. The number of thioether (sulfide) groups is 1. The molecule has 2 rings (SSSR count).